The highest BCUT2D eigenvalue weighted by molar-refractivity contribution is 5.78. The Labute approximate surface area is 122 Å². The quantitative estimate of drug-likeness (QED) is 0.887. The minimum atomic E-state index is -0.0299. The molecule has 0 bridgehead atoms. The molecule has 7 nitrogen and oxygen atoms in total. The first-order valence-corrected chi connectivity index (χ1v) is 6.89. The molecule has 1 N–H and O–H groups in total. The Morgan fingerprint density at radius 3 is 3.10 bits per heavy atom. The SMILES string of the molecule is Cn1nc(-c2cnccn2)cc1CNC(=O)[C@H]1CCOC1. The molecule has 0 unspecified atom stereocenters. The molecule has 2 aromatic rings. The zero-order valence-electron chi connectivity index (χ0n) is 11.8. The second-order valence-electron chi connectivity index (χ2n) is 5.01. The molecule has 1 aliphatic rings. The van der Waals surface area contributed by atoms with E-state index in [9.17, 15) is 4.79 Å². The van der Waals surface area contributed by atoms with E-state index in [1.165, 1.54) is 0 Å². The average molecular weight is 287 g/mol. The van der Waals surface area contributed by atoms with Crippen molar-refractivity contribution in [2.24, 2.45) is 13.0 Å². The van der Waals surface area contributed by atoms with Crippen LogP contribution in [0.25, 0.3) is 11.4 Å². The van der Waals surface area contributed by atoms with Crippen molar-refractivity contribution in [1.82, 2.24) is 25.1 Å². The second-order valence-corrected chi connectivity index (χ2v) is 5.01. The number of rotatable bonds is 4. The molecule has 1 saturated heterocycles. The summed E-state index contributed by atoms with van der Waals surface area (Å²) in [4.78, 5) is 20.2. The summed E-state index contributed by atoms with van der Waals surface area (Å²) in [7, 11) is 1.85. The fourth-order valence-corrected chi connectivity index (χ4v) is 2.29. The summed E-state index contributed by atoms with van der Waals surface area (Å²) in [5.41, 5.74) is 2.39. The Hall–Kier alpha value is -2.28. The van der Waals surface area contributed by atoms with Crippen molar-refractivity contribution in [2.45, 2.75) is 13.0 Å². The predicted octanol–water partition coefficient (Wildman–Crippen LogP) is 0.530. The third-order valence-electron chi connectivity index (χ3n) is 3.55. The summed E-state index contributed by atoms with van der Waals surface area (Å²) in [5.74, 6) is 0.00689. The first kappa shape index (κ1) is 13.7. The fourth-order valence-electron chi connectivity index (χ4n) is 2.29. The maximum atomic E-state index is 12.0. The number of aromatic nitrogens is 4. The van der Waals surface area contributed by atoms with Gasteiger partial charge < -0.3 is 10.1 Å². The second kappa shape index (κ2) is 6.01. The molecule has 3 heterocycles. The maximum absolute atomic E-state index is 12.0. The Kier molecular flexibility index (Phi) is 3.92. The minimum Gasteiger partial charge on any atom is -0.381 e. The van der Waals surface area contributed by atoms with Gasteiger partial charge in [-0.05, 0) is 12.5 Å². The number of aryl methyl sites for hydroxylation is 1. The maximum Gasteiger partial charge on any atom is 0.225 e. The van der Waals surface area contributed by atoms with Crippen molar-refractivity contribution >= 4 is 5.91 Å². The van der Waals surface area contributed by atoms with Gasteiger partial charge in [-0.25, -0.2) is 0 Å². The van der Waals surface area contributed by atoms with Crippen molar-refractivity contribution in [3.63, 3.8) is 0 Å². The standard InChI is InChI=1S/C14H17N5O2/c1-19-11(7-17-14(20)10-2-5-21-9-10)6-12(18-19)13-8-15-3-4-16-13/h3-4,6,8,10H,2,5,7,9H2,1H3,(H,17,20)/t10-/m0/s1. The van der Waals surface area contributed by atoms with Crippen LogP contribution in [0.2, 0.25) is 0 Å². The zero-order valence-corrected chi connectivity index (χ0v) is 11.8. The molecule has 110 valence electrons. The molecule has 2 aromatic heterocycles. The highest BCUT2D eigenvalue weighted by atomic mass is 16.5. The number of nitrogens with one attached hydrogen (secondary N) is 1. The van der Waals surface area contributed by atoms with Crippen LogP contribution >= 0.6 is 0 Å². The number of nitrogens with zero attached hydrogens (tertiary/aromatic N) is 4. The summed E-state index contributed by atoms with van der Waals surface area (Å²) >= 11 is 0. The van der Waals surface area contributed by atoms with E-state index in [1.807, 2.05) is 13.1 Å². The zero-order chi connectivity index (χ0) is 14.7. The Bertz CT molecular complexity index is 620. The molecule has 0 spiro atoms. The van der Waals surface area contributed by atoms with Crippen LogP contribution in [0.3, 0.4) is 0 Å². The van der Waals surface area contributed by atoms with E-state index in [-0.39, 0.29) is 11.8 Å². The van der Waals surface area contributed by atoms with Crippen LogP contribution in [-0.4, -0.2) is 38.9 Å². The van der Waals surface area contributed by atoms with Crippen LogP contribution in [-0.2, 0) is 23.1 Å². The summed E-state index contributed by atoms with van der Waals surface area (Å²) in [6, 6.07) is 1.91. The first-order chi connectivity index (χ1) is 10.2. The monoisotopic (exact) mass is 287 g/mol. The molecule has 21 heavy (non-hydrogen) atoms. The van der Waals surface area contributed by atoms with Gasteiger partial charge in [0.2, 0.25) is 5.91 Å². The predicted molar refractivity (Wildman–Crippen MR) is 75.0 cm³/mol. The Morgan fingerprint density at radius 1 is 1.48 bits per heavy atom. The van der Waals surface area contributed by atoms with Crippen LogP contribution in [0.5, 0.6) is 0 Å². The number of ether oxygens (including phenoxy) is 1. The molecular weight excluding hydrogens is 270 g/mol. The van der Waals surface area contributed by atoms with E-state index in [0.717, 1.165) is 23.5 Å². The first-order valence-electron chi connectivity index (χ1n) is 6.89. The van der Waals surface area contributed by atoms with Crippen LogP contribution in [0.4, 0.5) is 0 Å². The van der Waals surface area contributed by atoms with Crippen LogP contribution < -0.4 is 5.32 Å². The molecule has 0 radical (unpaired) electrons. The van der Waals surface area contributed by atoms with Crippen molar-refractivity contribution in [1.29, 1.82) is 0 Å². The number of carbonyl (C=O) groups is 1. The number of carbonyl (C=O) groups excluding carboxylic acids is 1. The molecule has 7 heteroatoms. The fraction of sp³-hybridized carbons (Fsp3) is 0.429. The lowest BCUT2D eigenvalue weighted by atomic mass is 10.1. The molecule has 1 fully saturated rings. The van der Waals surface area contributed by atoms with Gasteiger partial charge in [0.15, 0.2) is 0 Å². The van der Waals surface area contributed by atoms with Crippen molar-refractivity contribution < 1.29 is 9.53 Å². The van der Waals surface area contributed by atoms with E-state index in [4.69, 9.17) is 4.74 Å². The highest BCUT2D eigenvalue weighted by Crippen LogP contribution is 2.16. The lowest BCUT2D eigenvalue weighted by Gasteiger charge is -2.09. The third kappa shape index (κ3) is 3.08. The molecule has 1 amide bonds. The Balaban J connectivity index is 1.66. The van der Waals surface area contributed by atoms with Gasteiger partial charge in [0.1, 0.15) is 11.4 Å². The molecule has 0 aromatic carbocycles. The van der Waals surface area contributed by atoms with Crippen LogP contribution in [0.15, 0.2) is 24.7 Å². The van der Waals surface area contributed by atoms with E-state index in [0.29, 0.717) is 19.8 Å². The van der Waals surface area contributed by atoms with Gasteiger partial charge in [-0.2, -0.15) is 5.10 Å². The van der Waals surface area contributed by atoms with E-state index in [1.54, 1.807) is 23.3 Å². The smallest absolute Gasteiger partial charge is 0.225 e. The number of hydrogen-bond acceptors (Lipinski definition) is 5. The van der Waals surface area contributed by atoms with Crippen molar-refractivity contribution in [3.05, 3.63) is 30.4 Å². The third-order valence-corrected chi connectivity index (χ3v) is 3.55. The van der Waals surface area contributed by atoms with Crippen molar-refractivity contribution in [3.8, 4) is 11.4 Å². The van der Waals surface area contributed by atoms with Crippen LogP contribution in [0, 0.1) is 5.92 Å². The highest BCUT2D eigenvalue weighted by Gasteiger charge is 2.23. The van der Waals surface area contributed by atoms with Gasteiger partial charge >= 0.3 is 0 Å². The van der Waals surface area contributed by atoms with E-state index < -0.39 is 0 Å². The lowest BCUT2D eigenvalue weighted by Crippen LogP contribution is -2.31. The summed E-state index contributed by atoms with van der Waals surface area (Å²) in [5, 5.41) is 7.33. The minimum absolute atomic E-state index is 0.0299. The molecule has 0 aliphatic carbocycles. The topological polar surface area (TPSA) is 81.9 Å². The largest absolute Gasteiger partial charge is 0.381 e. The average Bonchev–Trinajstić information content (AvgIpc) is 3.16. The molecule has 3 rings (SSSR count). The van der Waals surface area contributed by atoms with Gasteiger partial charge in [-0.3, -0.25) is 19.4 Å². The Morgan fingerprint density at radius 2 is 2.38 bits per heavy atom. The van der Waals surface area contributed by atoms with Gasteiger partial charge in [0.25, 0.3) is 0 Å². The van der Waals surface area contributed by atoms with Gasteiger partial charge in [-0.1, -0.05) is 0 Å². The van der Waals surface area contributed by atoms with E-state index in [2.05, 4.69) is 20.4 Å². The van der Waals surface area contributed by atoms with Gasteiger partial charge in [-0.15, -0.1) is 0 Å². The normalized spacial score (nSPS) is 17.9. The summed E-state index contributed by atoms with van der Waals surface area (Å²) in [6.45, 7) is 1.63. The van der Waals surface area contributed by atoms with E-state index >= 15 is 0 Å². The molecule has 1 aliphatic heterocycles. The van der Waals surface area contributed by atoms with Crippen molar-refractivity contribution in [2.75, 3.05) is 13.2 Å². The number of amides is 1. The summed E-state index contributed by atoms with van der Waals surface area (Å²) in [6.07, 6.45) is 5.71. The summed E-state index contributed by atoms with van der Waals surface area (Å²) < 4.78 is 6.97. The molecule has 0 saturated carbocycles. The molecule has 1 atom stereocenters. The number of hydrogen-bond donors (Lipinski definition) is 1. The lowest BCUT2D eigenvalue weighted by molar-refractivity contribution is -0.125. The van der Waals surface area contributed by atoms with Gasteiger partial charge in [0.05, 0.1) is 31.0 Å². The molecular formula is C14H17N5O2. The van der Waals surface area contributed by atoms with Crippen LogP contribution in [0.1, 0.15) is 12.1 Å². The van der Waals surface area contributed by atoms with Gasteiger partial charge in [0, 0.05) is 26.0 Å².